The van der Waals surface area contributed by atoms with Crippen LogP contribution >= 0.6 is 0 Å². The van der Waals surface area contributed by atoms with Gasteiger partial charge in [-0.25, -0.2) is 19.6 Å². The molecule has 9 aromatic rings. The molecule has 1 fully saturated rings. The van der Waals surface area contributed by atoms with Crippen LogP contribution in [0.2, 0.25) is 0 Å². The molecule has 2 N–H and O–H groups in total. The Bertz CT molecular complexity index is 3220. The molecule has 0 unspecified atom stereocenters. The standard InChI is InChI=1S/C27H21NO4.C26H25NO4.C5H12/c1-2-18-12-13-24(31-15-17-8-4-3-5-9-17)25-20(27(29)30)14-22(28-26(18)25)21-16-32-23-11-7-6-10-19(21)23;1-2-16-12-13-23(31-17-8-4-3-5-9-17)24-19(26(28)29)14-21(27-25(16)24)20-15-30-22-11-7-6-10-18(20)22;1-5(2,3)4/h3-14,16H,2,15H2,1H3,(H,29,30);6-7,10-15,17H,2-5,8-9H2,1H3,(H,28,29);1-4H3. The number of hydrogen-bond donors (Lipinski definition) is 2. The number of ether oxygens (including phenoxy) is 2. The SMILES string of the molecule is CC(C)(C)C.CCc1ccc(OC2CCCCC2)c2c(C(=O)O)cc(-c3coc4ccccc34)nc12.CCc1ccc(OCc2ccccc2)c2c(C(=O)O)cc(-c3coc4ccccc34)nc12. The molecule has 0 radical (unpaired) electrons. The maximum atomic E-state index is 12.3. The third-order valence-electron chi connectivity index (χ3n) is 11.8. The zero-order valence-corrected chi connectivity index (χ0v) is 39.6. The van der Waals surface area contributed by atoms with Crippen molar-refractivity contribution in [2.24, 2.45) is 5.41 Å². The number of pyridine rings is 2. The molecule has 68 heavy (non-hydrogen) atoms. The Morgan fingerprint density at radius 2 is 1.07 bits per heavy atom. The van der Waals surface area contributed by atoms with E-state index in [2.05, 4.69) is 34.6 Å². The molecule has 4 aromatic heterocycles. The van der Waals surface area contributed by atoms with Gasteiger partial charge in [-0.05, 0) is 97.0 Å². The van der Waals surface area contributed by atoms with Crippen LogP contribution in [0.25, 0.3) is 66.3 Å². The van der Waals surface area contributed by atoms with Gasteiger partial charge in [-0.2, -0.15) is 0 Å². The number of aromatic nitrogens is 2. The maximum Gasteiger partial charge on any atom is 0.336 e. The Hall–Kier alpha value is -7.46. The Labute approximate surface area is 396 Å². The predicted octanol–water partition coefficient (Wildman–Crippen LogP) is 15.2. The molecule has 10 nitrogen and oxygen atoms in total. The summed E-state index contributed by atoms with van der Waals surface area (Å²) < 4.78 is 23.8. The molecule has 348 valence electrons. The van der Waals surface area contributed by atoms with Gasteiger partial charge in [0.1, 0.15) is 41.8 Å². The monoisotopic (exact) mass is 910 g/mol. The van der Waals surface area contributed by atoms with Crippen LogP contribution in [0.1, 0.15) is 111 Å². The molecule has 0 atom stereocenters. The maximum absolute atomic E-state index is 12.3. The molecular weight excluding hydrogens is 853 g/mol. The number of hydrogen-bond acceptors (Lipinski definition) is 8. The van der Waals surface area contributed by atoms with Crippen LogP contribution in [0.3, 0.4) is 0 Å². The first-order valence-corrected chi connectivity index (χ1v) is 23.5. The van der Waals surface area contributed by atoms with Crippen molar-refractivity contribution in [1.29, 1.82) is 0 Å². The highest BCUT2D eigenvalue weighted by Gasteiger charge is 2.24. The van der Waals surface area contributed by atoms with Gasteiger partial charge in [0.25, 0.3) is 0 Å². The second-order valence-electron chi connectivity index (χ2n) is 18.8. The number of aryl methyl sites for hydroxylation is 2. The van der Waals surface area contributed by atoms with Gasteiger partial charge in [0.2, 0.25) is 0 Å². The van der Waals surface area contributed by atoms with Gasteiger partial charge in [-0.15, -0.1) is 0 Å². The summed E-state index contributed by atoms with van der Waals surface area (Å²) in [6.07, 6.45) is 10.4. The number of benzene rings is 5. The highest BCUT2D eigenvalue weighted by Crippen LogP contribution is 2.39. The smallest absolute Gasteiger partial charge is 0.336 e. The topological polar surface area (TPSA) is 145 Å². The normalized spacial score (nSPS) is 12.9. The molecule has 5 aromatic carbocycles. The first-order valence-electron chi connectivity index (χ1n) is 23.5. The summed E-state index contributed by atoms with van der Waals surface area (Å²) in [5, 5.41) is 23.1. The fourth-order valence-electron chi connectivity index (χ4n) is 8.58. The number of carboxylic acids is 2. The van der Waals surface area contributed by atoms with Crippen molar-refractivity contribution in [1.82, 2.24) is 9.97 Å². The lowest BCUT2D eigenvalue weighted by molar-refractivity contribution is 0.0687. The van der Waals surface area contributed by atoms with Gasteiger partial charge in [0.05, 0.1) is 50.4 Å². The first-order chi connectivity index (χ1) is 32.8. The van der Waals surface area contributed by atoms with Crippen LogP contribution in [0.4, 0.5) is 0 Å². The predicted molar refractivity (Wildman–Crippen MR) is 270 cm³/mol. The third kappa shape index (κ3) is 10.6. The van der Waals surface area contributed by atoms with Crippen LogP contribution < -0.4 is 9.47 Å². The quantitative estimate of drug-likeness (QED) is 0.129. The van der Waals surface area contributed by atoms with Gasteiger partial charge in [-0.1, -0.05) is 127 Å². The Morgan fingerprint density at radius 3 is 1.56 bits per heavy atom. The molecular formula is C58H58N2O8. The number of carbonyl (C=O) groups is 2. The molecule has 1 aliphatic rings. The van der Waals surface area contributed by atoms with Gasteiger partial charge in [-0.3, -0.25) is 0 Å². The number of furan rings is 2. The molecule has 0 aliphatic heterocycles. The number of carboxylic acid groups (broad SMARTS) is 2. The molecule has 1 aliphatic carbocycles. The molecule has 10 heteroatoms. The minimum Gasteiger partial charge on any atom is -0.490 e. The lowest BCUT2D eigenvalue weighted by Crippen LogP contribution is -2.20. The molecule has 1 saturated carbocycles. The lowest BCUT2D eigenvalue weighted by Gasteiger charge is -2.24. The van der Waals surface area contributed by atoms with E-state index in [4.69, 9.17) is 28.3 Å². The number of aromatic carboxylic acids is 2. The third-order valence-corrected chi connectivity index (χ3v) is 11.8. The van der Waals surface area contributed by atoms with E-state index in [9.17, 15) is 19.8 Å². The molecule has 4 heterocycles. The number of fused-ring (bicyclic) bond motifs is 4. The summed E-state index contributed by atoms with van der Waals surface area (Å²) in [5.41, 5.74) is 9.38. The zero-order valence-electron chi connectivity index (χ0n) is 39.6. The Morgan fingerprint density at radius 1 is 0.618 bits per heavy atom. The fraction of sp³-hybridized carbons (Fsp3) is 0.276. The zero-order chi connectivity index (χ0) is 48.0. The van der Waals surface area contributed by atoms with Gasteiger partial charge in [0.15, 0.2) is 0 Å². The van der Waals surface area contributed by atoms with Crippen LogP contribution in [0, 0.1) is 5.41 Å². The minimum atomic E-state index is -1.02. The minimum absolute atomic E-state index is 0.128. The number of para-hydroxylation sites is 2. The number of rotatable bonds is 11. The van der Waals surface area contributed by atoms with E-state index in [1.54, 1.807) is 24.7 Å². The van der Waals surface area contributed by atoms with Crippen LogP contribution in [0.15, 0.2) is 137 Å². The average molecular weight is 911 g/mol. The molecule has 0 amide bonds. The Kier molecular flexibility index (Phi) is 14.2. The summed E-state index contributed by atoms with van der Waals surface area (Å²) in [4.78, 5) is 34.5. The Balaban J connectivity index is 0.000000167. The van der Waals surface area contributed by atoms with Crippen molar-refractivity contribution in [3.63, 3.8) is 0 Å². The summed E-state index contributed by atoms with van der Waals surface area (Å²) >= 11 is 0. The fourth-order valence-corrected chi connectivity index (χ4v) is 8.58. The highest BCUT2D eigenvalue weighted by atomic mass is 16.5. The van der Waals surface area contributed by atoms with Crippen molar-refractivity contribution in [2.75, 3.05) is 0 Å². The van der Waals surface area contributed by atoms with E-state index in [1.165, 1.54) is 6.42 Å². The van der Waals surface area contributed by atoms with Crippen molar-refractivity contribution < 1.29 is 38.1 Å². The van der Waals surface area contributed by atoms with E-state index < -0.39 is 11.9 Å². The average Bonchev–Trinajstić information content (AvgIpc) is 3.98. The van der Waals surface area contributed by atoms with Crippen LogP contribution in [0.5, 0.6) is 11.5 Å². The van der Waals surface area contributed by atoms with Crippen molar-refractivity contribution in [2.45, 2.75) is 99.2 Å². The van der Waals surface area contributed by atoms with Gasteiger partial charge < -0.3 is 28.5 Å². The lowest BCUT2D eigenvalue weighted by atomic mass is 9.97. The summed E-state index contributed by atoms with van der Waals surface area (Å²) in [7, 11) is 0. The molecule has 0 saturated heterocycles. The van der Waals surface area contributed by atoms with E-state index in [0.717, 1.165) is 88.3 Å². The van der Waals surface area contributed by atoms with Crippen molar-refractivity contribution >= 4 is 55.7 Å². The second kappa shape index (κ2) is 20.6. The van der Waals surface area contributed by atoms with E-state index in [0.29, 0.717) is 56.7 Å². The molecule has 10 rings (SSSR count). The summed E-state index contributed by atoms with van der Waals surface area (Å²) in [6, 6.07) is 36.1. The van der Waals surface area contributed by atoms with Crippen molar-refractivity contribution in [3.8, 4) is 34.0 Å². The second-order valence-corrected chi connectivity index (χ2v) is 18.8. The van der Waals surface area contributed by atoms with E-state index >= 15 is 0 Å². The number of nitrogens with zero attached hydrogens (tertiary/aromatic N) is 2. The van der Waals surface area contributed by atoms with E-state index in [-0.39, 0.29) is 17.2 Å². The van der Waals surface area contributed by atoms with Gasteiger partial charge in [0, 0.05) is 21.9 Å². The highest BCUT2D eigenvalue weighted by molar-refractivity contribution is 6.09. The van der Waals surface area contributed by atoms with Crippen LogP contribution in [-0.4, -0.2) is 38.2 Å². The van der Waals surface area contributed by atoms with Crippen molar-refractivity contribution in [3.05, 3.63) is 156 Å². The van der Waals surface area contributed by atoms with Gasteiger partial charge >= 0.3 is 11.9 Å². The summed E-state index contributed by atoms with van der Waals surface area (Å²) in [6.45, 7) is 13.2. The summed E-state index contributed by atoms with van der Waals surface area (Å²) in [5.74, 6) is -0.880. The molecule has 0 spiro atoms. The largest absolute Gasteiger partial charge is 0.490 e. The first kappa shape index (κ1) is 47.0. The van der Waals surface area contributed by atoms with E-state index in [1.807, 2.05) is 110 Å². The molecule has 0 bridgehead atoms. The van der Waals surface area contributed by atoms with Crippen LogP contribution in [-0.2, 0) is 19.4 Å².